The van der Waals surface area contributed by atoms with Crippen LogP contribution in [0.1, 0.15) is 15.9 Å². The van der Waals surface area contributed by atoms with Crippen LogP contribution in [0.2, 0.25) is 0 Å². The van der Waals surface area contributed by atoms with Crippen LogP contribution >= 0.6 is 0 Å². The minimum absolute atomic E-state index is 0.0440. The lowest BCUT2D eigenvalue weighted by molar-refractivity contribution is -0.386. The van der Waals surface area contributed by atoms with E-state index in [1.54, 1.807) is 0 Å². The second-order valence-corrected chi connectivity index (χ2v) is 4.19. The third-order valence-corrected chi connectivity index (χ3v) is 2.83. The first kappa shape index (κ1) is 14.4. The minimum Gasteiger partial charge on any atom is -0.478 e. The number of nitrogens with zero attached hydrogens (tertiary/aromatic N) is 2. The summed E-state index contributed by atoms with van der Waals surface area (Å²) in [4.78, 5) is 32.5. The van der Waals surface area contributed by atoms with Gasteiger partial charge in [0.15, 0.2) is 0 Å². The zero-order valence-electron chi connectivity index (χ0n) is 10.5. The number of hydrogen-bond donors (Lipinski definition) is 1. The van der Waals surface area contributed by atoms with Crippen LogP contribution in [0.15, 0.2) is 41.3 Å². The molecule has 0 bridgehead atoms. The van der Waals surface area contributed by atoms with E-state index in [1.807, 2.05) is 0 Å². The van der Waals surface area contributed by atoms with Gasteiger partial charge in [-0.15, -0.1) is 0 Å². The number of carboxylic acid groups (broad SMARTS) is 1. The number of carbonyl (C=O) groups is 1. The van der Waals surface area contributed by atoms with Gasteiger partial charge in [0.1, 0.15) is 5.82 Å². The molecule has 0 saturated carbocycles. The molecule has 0 aliphatic rings. The molecule has 2 aromatic rings. The maximum atomic E-state index is 13.7. The van der Waals surface area contributed by atoms with Gasteiger partial charge in [-0.05, 0) is 24.3 Å². The Morgan fingerprint density at radius 2 is 2.10 bits per heavy atom. The van der Waals surface area contributed by atoms with Crippen molar-refractivity contribution < 1.29 is 19.2 Å². The molecule has 0 unspecified atom stereocenters. The fourth-order valence-electron chi connectivity index (χ4n) is 1.80. The minimum atomic E-state index is -1.23. The lowest BCUT2D eigenvalue weighted by Crippen LogP contribution is -2.22. The number of nitro groups is 1. The number of halogens is 1. The van der Waals surface area contributed by atoms with Gasteiger partial charge in [-0.25, -0.2) is 9.18 Å². The highest BCUT2D eigenvalue weighted by Crippen LogP contribution is 2.12. The van der Waals surface area contributed by atoms with E-state index < -0.39 is 28.0 Å². The standard InChI is InChI=1S/C13H9FN2O5/c14-10-4-3-8(13(18)19)6-9(10)7-15-5-1-2-11(12(15)17)16(20)21/h1-6H,7H2,(H,18,19). The summed E-state index contributed by atoms with van der Waals surface area (Å²) in [6, 6.07) is 5.49. The fourth-order valence-corrected chi connectivity index (χ4v) is 1.80. The third kappa shape index (κ3) is 2.94. The Morgan fingerprint density at radius 1 is 1.38 bits per heavy atom. The van der Waals surface area contributed by atoms with Crippen molar-refractivity contribution in [3.63, 3.8) is 0 Å². The number of aromatic carboxylic acids is 1. The number of rotatable bonds is 4. The van der Waals surface area contributed by atoms with Crippen molar-refractivity contribution in [2.75, 3.05) is 0 Å². The predicted octanol–water partition coefficient (Wildman–Crippen LogP) is 1.64. The average molecular weight is 292 g/mol. The molecule has 1 N–H and O–H groups in total. The largest absolute Gasteiger partial charge is 0.478 e. The molecule has 8 heteroatoms. The van der Waals surface area contributed by atoms with Gasteiger partial charge in [-0.2, -0.15) is 0 Å². The van der Waals surface area contributed by atoms with Crippen molar-refractivity contribution in [1.82, 2.24) is 4.57 Å². The molecule has 1 aromatic heterocycles. The van der Waals surface area contributed by atoms with Crippen LogP contribution in [0.3, 0.4) is 0 Å². The van der Waals surface area contributed by atoms with Gasteiger partial charge >= 0.3 is 17.2 Å². The summed E-state index contributed by atoms with van der Waals surface area (Å²) in [5.41, 5.74) is -1.70. The number of pyridine rings is 1. The second kappa shape index (κ2) is 5.53. The van der Waals surface area contributed by atoms with Crippen LogP contribution in [0.25, 0.3) is 0 Å². The number of hydrogen-bond acceptors (Lipinski definition) is 4. The Kier molecular flexibility index (Phi) is 3.79. The first-order valence-corrected chi connectivity index (χ1v) is 5.75. The van der Waals surface area contributed by atoms with Crippen LogP contribution < -0.4 is 5.56 Å². The molecule has 0 spiro atoms. The monoisotopic (exact) mass is 292 g/mol. The Morgan fingerprint density at radius 3 is 2.71 bits per heavy atom. The number of aromatic nitrogens is 1. The zero-order valence-corrected chi connectivity index (χ0v) is 10.5. The molecule has 0 radical (unpaired) electrons. The van der Waals surface area contributed by atoms with Gasteiger partial charge < -0.3 is 9.67 Å². The van der Waals surface area contributed by atoms with Gasteiger partial charge in [-0.3, -0.25) is 14.9 Å². The molecular formula is C13H9FN2O5. The lowest BCUT2D eigenvalue weighted by atomic mass is 10.1. The molecule has 0 fully saturated rings. The summed E-state index contributed by atoms with van der Waals surface area (Å²) in [7, 11) is 0. The molecule has 21 heavy (non-hydrogen) atoms. The Labute approximate surface area is 117 Å². The maximum Gasteiger partial charge on any atom is 0.335 e. The van der Waals surface area contributed by atoms with Crippen LogP contribution in [-0.2, 0) is 6.54 Å². The summed E-state index contributed by atoms with van der Waals surface area (Å²) in [6.07, 6.45) is 1.27. The van der Waals surface area contributed by atoms with Crippen molar-refractivity contribution in [1.29, 1.82) is 0 Å². The smallest absolute Gasteiger partial charge is 0.335 e. The van der Waals surface area contributed by atoms with Crippen LogP contribution in [0.5, 0.6) is 0 Å². The highest BCUT2D eigenvalue weighted by Gasteiger charge is 2.15. The maximum absolute atomic E-state index is 13.7. The topological polar surface area (TPSA) is 102 Å². The lowest BCUT2D eigenvalue weighted by Gasteiger charge is -2.07. The quantitative estimate of drug-likeness (QED) is 0.681. The summed E-state index contributed by atoms with van der Waals surface area (Å²) < 4.78 is 14.6. The molecule has 0 saturated heterocycles. The van der Waals surface area contributed by atoms with Crippen molar-refractivity contribution in [3.8, 4) is 0 Å². The van der Waals surface area contributed by atoms with Gasteiger partial charge in [0.25, 0.3) is 0 Å². The van der Waals surface area contributed by atoms with E-state index in [2.05, 4.69) is 0 Å². The van der Waals surface area contributed by atoms with Crippen LogP contribution in [-0.4, -0.2) is 20.6 Å². The number of benzene rings is 1. The summed E-state index contributed by atoms with van der Waals surface area (Å²) in [5.74, 6) is -1.93. The Bertz CT molecular complexity index is 784. The van der Waals surface area contributed by atoms with E-state index in [9.17, 15) is 24.1 Å². The van der Waals surface area contributed by atoms with Gasteiger partial charge in [-0.1, -0.05) is 0 Å². The average Bonchev–Trinajstić information content (AvgIpc) is 2.42. The molecule has 1 heterocycles. The zero-order chi connectivity index (χ0) is 15.6. The Hall–Kier alpha value is -3.03. The van der Waals surface area contributed by atoms with E-state index in [-0.39, 0.29) is 17.7 Å². The first-order valence-electron chi connectivity index (χ1n) is 5.75. The summed E-state index contributed by atoms with van der Waals surface area (Å²) >= 11 is 0. The van der Waals surface area contributed by atoms with Gasteiger partial charge in [0, 0.05) is 17.8 Å². The molecule has 0 amide bonds. The number of carboxylic acids is 1. The van der Waals surface area contributed by atoms with Gasteiger partial charge in [0.05, 0.1) is 17.0 Å². The molecule has 0 atom stereocenters. The van der Waals surface area contributed by atoms with Crippen LogP contribution in [0, 0.1) is 15.9 Å². The van der Waals surface area contributed by atoms with E-state index in [0.717, 1.165) is 28.8 Å². The SMILES string of the molecule is O=C(O)c1ccc(F)c(Cn2cccc([N+](=O)[O-])c2=O)c1. The van der Waals surface area contributed by atoms with Crippen molar-refractivity contribution >= 4 is 11.7 Å². The van der Waals surface area contributed by atoms with Crippen molar-refractivity contribution in [2.45, 2.75) is 6.54 Å². The fraction of sp³-hybridized carbons (Fsp3) is 0.0769. The van der Waals surface area contributed by atoms with E-state index in [1.165, 1.54) is 12.3 Å². The predicted molar refractivity (Wildman–Crippen MR) is 69.8 cm³/mol. The molecule has 7 nitrogen and oxygen atoms in total. The molecule has 0 aliphatic carbocycles. The first-order chi connectivity index (χ1) is 9.90. The van der Waals surface area contributed by atoms with Crippen molar-refractivity contribution in [3.05, 3.63) is 73.9 Å². The van der Waals surface area contributed by atoms with Gasteiger partial charge in [0.2, 0.25) is 0 Å². The molecule has 1 aromatic carbocycles. The second-order valence-electron chi connectivity index (χ2n) is 4.19. The van der Waals surface area contributed by atoms with E-state index in [0.29, 0.717) is 0 Å². The summed E-state index contributed by atoms with van der Waals surface area (Å²) in [6.45, 7) is -0.298. The molecular weight excluding hydrogens is 283 g/mol. The van der Waals surface area contributed by atoms with E-state index in [4.69, 9.17) is 5.11 Å². The molecule has 2 rings (SSSR count). The van der Waals surface area contributed by atoms with Crippen molar-refractivity contribution in [2.24, 2.45) is 0 Å². The molecule has 108 valence electrons. The molecule has 0 aliphatic heterocycles. The summed E-state index contributed by atoms with van der Waals surface area (Å²) in [5, 5.41) is 19.5. The highest BCUT2D eigenvalue weighted by molar-refractivity contribution is 5.87. The third-order valence-electron chi connectivity index (χ3n) is 2.83. The van der Waals surface area contributed by atoms with Crippen LogP contribution in [0.4, 0.5) is 10.1 Å². The normalized spacial score (nSPS) is 10.3. The Balaban J connectivity index is 2.46. The highest BCUT2D eigenvalue weighted by atomic mass is 19.1. The van der Waals surface area contributed by atoms with E-state index >= 15 is 0 Å².